The Kier molecular flexibility index (Phi) is 4.28. The molecule has 0 atom stereocenters. The molecule has 0 saturated heterocycles. The summed E-state index contributed by atoms with van der Waals surface area (Å²) in [6.45, 7) is 6.76. The van der Waals surface area contributed by atoms with Crippen molar-refractivity contribution in [2.24, 2.45) is 0 Å². The number of hydrogen-bond donors (Lipinski definition) is 2. The molecule has 2 aromatic rings. The molecule has 0 aromatic carbocycles. The van der Waals surface area contributed by atoms with Crippen molar-refractivity contribution in [3.63, 3.8) is 0 Å². The summed E-state index contributed by atoms with van der Waals surface area (Å²) >= 11 is 0. The smallest absolute Gasteiger partial charge is 0.132 e. The van der Waals surface area contributed by atoms with E-state index >= 15 is 0 Å². The molecule has 2 rings (SSSR count). The van der Waals surface area contributed by atoms with Crippen molar-refractivity contribution in [2.45, 2.75) is 33.4 Å². The molecule has 0 saturated carbocycles. The molecule has 0 aliphatic heterocycles. The minimum atomic E-state index is 0.348. The summed E-state index contributed by atoms with van der Waals surface area (Å²) in [6, 6.07) is 6.22. The van der Waals surface area contributed by atoms with E-state index in [0.717, 1.165) is 23.0 Å². The third-order valence-corrected chi connectivity index (χ3v) is 2.47. The Morgan fingerprint density at radius 1 is 1.21 bits per heavy atom. The monoisotopic (exact) mass is 257 g/mol. The number of rotatable bonds is 5. The van der Waals surface area contributed by atoms with E-state index in [1.54, 1.807) is 6.20 Å². The zero-order chi connectivity index (χ0) is 13.7. The van der Waals surface area contributed by atoms with Gasteiger partial charge in [0.15, 0.2) is 0 Å². The summed E-state index contributed by atoms with van der Waals surface area (Å²) < 4.78 is 0. The Hall–Kier alpha value is -2.17. The van der Waals surface area contributed by atoms with Gasteiger partial charge in [-0.25, -0.2) is 9.97 Å². The van der Waals surface area contributed by atoms with Gasteiger partial charge in [0.2, 0.25) is 0 Å². The van der Waals surface area contributed by atoms with Gasteiger partial charge in [-0.3, -0.25) is 4.98 Å². The predicted octanol–water partition coefficient (Wildman–Crippen LogP) is 2.61. The maximum absolute atomic E-state index is 4.37. The quantitative estimate of drug-likeness (QED) is 0.862. The second-order valence-electron chi connectivity index (χ2n) is 4.70. The second kappa shape index (κ2) is 6.13. The number of anilines is 2. The van der Waals surface area contributed by atoms with E-state index in [0.29, 0.717) is 12.6 Å². The fraction of sp³-hybridized carbons (Fsp3) is 0.357. The van der Waals surface area contributed by atoms with Gasteiger partial charge < -0.3 is 10.6 Å². The maximum Gasteiger partial charge on any atom is 0.132 e. The number of nitrogens with one attached hydrogen (secondary N) is 2. The van der Waals surface area contributed by atoms with Crippen LogP contribution in [0.2, 0.25) is 0 Å². The third-order valence-electron chi connectivity index (χ3n) is 2.47. The van der Waals surface area contributed by atoms with Crippen LogP contribution in [0.1, 0.15) is 25.2 Å². The van der Waals surface area contributed by atoms with Crippen LogP contribution < -0.4 is 10.6 Å². The molecule has 100 valence electrons. The topological polar surface area (TPSA) is 62.7 Å². The van der Waals surface area contributed by atoms with Crippen LogP contribution in [0.25, 0.3) is 0 Å². The molecule has 0 unspecified atom stereocenters. The van der Waals surface area contributed by atoms with Gasteiger partial charge in [-0.2, -0.15) is 0 Å². The van der Waals surface area contributed by atoms with Crippen LogP contribution in [0.15, 0.2) is 30.6 Å². The Morgan fingerprint density at radius 2 is 2.00 bits per heavy atom. The first-order valence-electron chi connectivity index (χ1n) is 6.38. The van der Waals surface area contributed by atoms with Crippen molar-refractivity contribution in [1.29, 1.82) is 0 Å². The molecule has 0 radical (unpaired) electrons. The van der Waals surface area contributed by atoms with Gasteiger partial charge in [0.05, 0.1) is 0 Å². The van der Waals surface area contributed by atoms with Gasteiger partial charge in [-0.15, -0.1) is 0 Å². The predicted molar refractivity (Wildman–Crippen MR) is 77.1 cm³/mol. The summed E-state index contributed by atoms with van der Waals surface area (Å²) in [5.41, 5.74) is 1.12. The highest BCUT2D eigenvalue weighted by Crippen LogP contribution is 2.13. The van der Waals surface area contributed by atoms with Crippen LogP contribution >= 0.6 is 0 Å². The first-order chi connectivity index (χ1) is 9.13. The zero-order valence-corrected chi connectivity index (χ0v) is 11.5. The Morgan fingerprint density at radius 3 is 2.68 bits per heavy atom. The molecule has 2 heterocycles. The van der Waals surface area contributed by atoms with Crippen molar-refractivity contribution in [3.05, 3.63) is 42.0 Å². The molecule has 0 amide bonds. The Bertz CT molecular complexity index is 525. The number of hydrogen-bond acceptors (Lipinski definition) is 5. The van der Waals surface area contributed by atoms with Crippen molar-refractivity contribution < 1.29 is 0 Å². The van der Waals surface area contributed by atoms with Crippen LogP contribution in [0, 0.1) is 6.92 Å². The molecule has 0 spiro atoms. The minimum absolute atomic E-state index is 0.348. The van der Waals surface area contributed by atoms with E-state index in [2.05, 4.69) is 39.4 Å². The molecule has 0 aliphatic carbocycles. The molecule has 5 heteroatoms. The summed E-state index contributed by atoms with van der Waals surface area (Å²) in [7, 11) is 0. The van der Waals surface area contributed by atoms with Crippen LogP contribution in [0.5, 0.6) is 0 Å². The summed E-state index contributed by atoms with van der Waals surface area (Å²) in [4.78, 5) is 12.8. The average Bonchev–Trinajstić information content (AvgIpc) is 2.36. The van der Waals surface area contributed by atoms with Gasteiger partial charge in [0.1, 0.15) is 17.5 Å². The number of pyridine rings is 1. The van der Waals surface area contributed by atoms with Crippen molar-refractivity contribution >= 4 is 11.6 Å². The standard InChI is InChI=1S/C14H19N5/c1-10(2)17-14-7-13(18-11(3)19-14)16-9-12-5-4-6-15-8-12/h4-8,10H,9H2,1-3H3,(H2,16,17,18,19). The fourth-order valence-electron chi connectivity index (χ4n) is 1.72. The second-order valence-corrected chi connectivity index (χ2v) is 4.70. The summed E-state index contributed by atoms with van der Waals surface area (Å²) in [6.07, 6.45) is 3.61. The van der Waals surface area contributed by atoms with E-state index in [9.17, 15) is 0 Å². The Balaban J connectivity index is 2.05. The molecule has 0 aliphatic rings. The highest BCUT2D eigenvalue weighted by molar-refractivity contribution is 5.48. The number of nitrogens with zero attached hydrogens (tertiary/aromatic N) is 3. The Labute approximate surface area is 113 Å². The van der Waals surface area contributed by atoms with Gasteiger partial charge in [-0.1, -0.05) is 6.07 Å². The van der Waals surface area contributed by atoms with Crippen molar-refractivity contribution in [2.75, 3.05) is 10.6 Å². The van der Waals surface area contributed by atoms with E-state index < -0.39 is 0 Å². The highest BCUT2D eigenvalue weighted by atomic mass is 15.1. The maximum atomic E-state index is 4.37. The van der Waals surface area contributed by atoms with Crippen LogP contribution in [0.3, 0.4) is 0 Å². The van der Waals surface area contributed by atoms with E-state index in [1.807, 2.05) is 31.3 Å². The van der Waals surface area contributed by atoms with Crippen LogP contribution in [0.4, 0.5) is 11.6 Å². The molecular weight excluding hydrogens is 238 g/mol. The third kappa shape index (κ3) is 4.21. The van der Waals surface area contributed by atoms with Gasteiger partial charge in [-0.05, 0) is 32.4 Å². The van der Waals surface area contributed by atoms with E-state index in [4.69, 9.17) is 0 Å². The lowest BCUT2D eigenvalue weighted by atomic mass is 10.3. The number of aryl methyl sites for hydroxylation is 1. The van der Waals surface area contributed by atoms with Gasteiger partial charge >= 0.3 is 0 Å². The minimum Gasteiger partial charge on any atom is -0.368 e. The van der Waals surface area contributed by atoms with Gasteiger partial charge in [0.25, 0.3) is 0 Å². The average molecular weight is 257 g/mol. The van der Waals surface area contributed by atoms with Crippen LogP contribution in [-0.4, -0.2) is 21.0 Å². The molecule has 5 nitrogen and oxygen atoms in total. The van der Waals surface area contributed by atoms with Crippen molar-refractivity contribution in [3.8, 4) is 0 Å². The van der Waals surface area contributed by atoms with E-state index in [1.165, 1.54) is 0 Å². The normalized spacial score (nSPS) is 10.5. The lowest BCUT2D eigenvalue weighted by molar-refractivity contribution is 0.880. The SMILES string of the molecule is Cc1nc(NCc2cccnc2)cc(NC(C)C)n1. The summed E-state index contributed by atoms with van der Waals surface area (Å²) in [5.74, 6) is 2.41. The highest BCUT2D eigenvalue weighted by Gasteiger charge is 2.03. The number of aromatic nitrogens is 3. The van der Waals surface area contributed by atoms with Crippen molar-refractivity contribution in [1.82, 2.24) is 15.0 Å². The summed E-state index contributed by atoms with van der Waals surface area (Å²) in [5, 5.41) is 6.56. The molecule has 19 heavy (non-hydrogen) atoms. The fourth-order valence-corrected chi connectivity index (χ4v) is 1.72. The molecular formula is C14H19N5. The van der Waals surface area contributed by atoms with Crippen LogP contribution in [-0.2, 0) is 6.54 Å². The zero-order valence-electron chi connectivity index (χ0n) is 11.5. The first-order valence-corrected chi connectivity index (χ1v) is 6.38. The lowest BCUT2D eigenvalue weighted by Gasteiger charge is -2.12. The first kappa shape index (κ1) is 13.3. The van der Waals surface area contributed by atoms with Gasteiger partial charge in [0, 0.05) is 31.0 Å². The molecule has 2 aromatic heterocycles. The molecule has 0 bridgehead atoms. The molecule has 2 N–H and O–H groups in total. The lowest BCUT2D eigenvalue weighted by Crippen LogP contribution is -2.13. The largest absolute Gasteiger partial charge is 0.368 e. The molecule has 0 fully saturated rings. The van der Waals surface area contributed by atoms with E-state index in [-0.39, 0.29) is 0 Å².